The maximum absolute atomic E-state index is 10.0. The van der Waals surface area contributed by atoms with Crippen molar-refractivity contribution in [3.63, 3.8) is 0 Å². The first-order chi connectivity index (χ1) is 4.57. The molecule has 0 N–H and O–H groups in total. The normalized spacial score (nSPS) is 11.2. The molecule has 0 aromatic carbocycles. The highest BCUT2D eigenvalue weighted by molar-refractivity contribution is 9.09. The molecule has 4 heteroatoms. The molecule has 0 saturated heterocycles. The molecular weight excluding hydrogens is 198 g/mol. The maximum Gasteiger partial charge on any atom is 0.243 e. The van der Waals surface area contributed by atoms with Gasteiger partial charge in [0.25, 0.3) is 0 Å². The van der Waals surface area contributed by atoms with Crippen molar-refractivity contribution in [3.05, 3.63) is 34.0 Å². The van der Waals surface area contributed by atoms with Gasteiger partial charge in [0.2, 0.25) is 5.70 Å². The zero-order valence-electron chi connectivity index (χ0n) is 5.63. The lowest BCUT2D eigenvalue weighted by Gasteiger charge is -1.90. The summed E-state index contributed by atoms with van der Waals surface area (Å²) in [6.07, 6.45) is 1.44. The second-order valence-corrected chi connectivity index (χ2v) is 2.40. The molecule has 0 saturated carbocycles. The maximum atomic E-state index is 10.0. The standard InChI is InChI=1S/C6H8BrNO2/c1-5(4-7)3-6(2)8(9)10/h3H,1,4H2,2H3/b6-3+. The van der Waals surface area contributed by atoms with Crippen molar-refractivity contribution in [1.82, 2.24) is 0 Å². The van der Waals surface area contributed by atoms with Crippen LogP contribution in [0.1, 0.15) is 6.92 Å². The first-order valence-electron chi connectivity index (χ1n) is 2.64. The SMILES string of the molecule is C=C(/C=C(\C)[N+](=O)[O-])CBr. The van der Waals surface area contributed by atoms with E-state index in [1.807, 2.05) is 0 Å². The molecule has 0 aromatic rings. The molecule has 0 radical (unpaired) electrons. The van der Waals surface area contributed by atoms with Crippen LogP contribution < -0.4 is 0 Å². The van der Waals surface area contributed by atoms with Gasteiger partial charge in [0, 0.05) is 18.3 Å². The minimum atomic E-state index is -0.437. The highest BCUT2D eigenvalue weighted by Gasteiger charge is 2.00. The van der Waals surface area contributed by atoms with Crippen LogP contribution >= 0.6 is 15.9 Å². The van der Waals surface area contributed by atoms with Crippen LogP contribution in [0.2, 0.25) is 0 Å². The van der Waals surface area contributed by atoms with Gasteiger partial charge < -0.3 is 0 Å². The molecule has 0 aliphatic rings. The van der Waals surface area contributed by atoms with Crippen LogP contribution in [0.5, 0.6) is 0 Å². The quantitative estimate of drug-likeness (QED) is 0.307. The smallest absolute Gasteiger partial charge is 0.243 e. The molecule has 0 rings (SSSR count). The van der Waals surface area contributed by atoms with Crippen molar-refractivity contribution in [3.8, 4) is 0 Å². The fourth-order valence-corrected chi connectivity index (χ4v) is 0.549. The number of nitro groups is 1. The fourth-order valence-electron chi connectivity index (χ4n) is 0.387. The van der Waals surface area contributed by atoms with E-state index in [-0.39, 0.29) is 5.70 Å². The van der Waals surface area contributed by atoms with Crippen molar-refractivity contribution in [1.29, 1.82) is 0 Å². The summed E-state index contributed by atoms with van der Waals surface area (Å²) in [5.41, 5.74) is 0.818. The van der Waals surface area contributed by atoms with E-state index in [1.165, 1.54) is 13.0 Å². The van der Waals surface area contributed by atoms with Gasteiger partial charge in [0.1, 0.15) is 0 Å². The number of rotatable bonds is 3. The van der Waals surface area contributed by atoms with Crippen LogP contribution in [0, 0.1) is 10.1 Å². The summed E-state index contributed by atoms with van der Waals surface area (Å²) in [6.45, 7) is 5.01. The average molecular weight is 206 g/mol. The summed E-state index contributed by atoms with van der Waals surface area (Å²) in [4.78, 5) is 9.59. The molecule has 0 unspecified atom stereocenters. The van der Waals surface area contributed by atoms with Crippen LogP contribution in [-0.4, -0.2) is 10.3 Å². The van der Waals surface area contributed by atoms with Crippen molar-refractivity contribution in [2.45, 2.75) is 6.92 Å². The Morgan fingerprint density at radius 3 is 2.70 bits per heavy atom. The Morgan fingerprint density at radius 1 is 1.90 bits per heavy atom. The predicted molar refractivity (Wildman–Crippen MR) is 43.7 cm³/mol. The van der Waals surface area contributed by atoms with E-state index < -0.39 is 4.92 Å². The number of hydrogen-bond donors (Lipinski definition) is 0. The Labute approximate surface area is 67.7 Å². The Kier molecular flexibility index (Phi) is 3.95. The molecule has 0 aliphatic carbocycles. The Bertz CT molecular complexity index is 186. The lowest BCUT2D eigenvalue weighted by atomic mass is 10.3. The van der Waals surface area contributed by atoms with Gasteiger partial charge in [-0.1, -0.05) is 22.5 Å². The summed E-state index contributed by atoms with van der Waals surface area (Å²) >= 11 is 3.13. The van der Waals surface area contributed by atoms with Crippen molar-refractivity contribution >= 4 is 15.9 Å². The Hall–Kier alpha value is -0.640. The number of allylic oxidation sites excluding steroid dienone is 3. The zero-order chi connectivity index (χ0) is 8.15. The summed E-state index contributed by atoms with van der Waals surface area (Å²) in [5, 5.41) is 10.6. The predicted octanol–water partition coefficient (Wildman–Crippen LogP) is 2.12. The lowest BCUT2D eigenvalue weighted by molar-refractivity contribution is -0.424. The number of alkyl halides is 1. The Balaban J connectivity index is 4.16. The van der Waals surface area contributed by atoms with Crippen LogP contribution in [0.15, 0.2) is 23.9 Å². The molecule has 0 aromatic heterocycles. The summed E-state index contributed by atoms with van der Waals surface area (Å²) < 4.78 is 0. The highest BCUT2D eigenvalue weighted by Crippen LogP contribution is 2.02. The molecule has 0 amide bonds. The molecular formula is C6H8BrNO2. The van der Waals surface area contributed by atoms with Crippen LogP contribution in [0.25, 0.3) is 0 Å². The molecule has 0 heterocycles. The molecule has 0 fully saturated rings. The van der Waals surface area contributed by atoms with E-state index in [0.717, 1.165) is 0 Å². The molecule has 0 spiro atoms. The number of hydrogen-bond acceptors (Lipinski definition) is 2. The minimum absolute atomic E-state index is 0.115. The highest BCUT2D eigenvalue weighted by atomic mass is 79.9. The van der Waals surface area contributed by atoms with Crippen LogP contribution in [0.3, 0.4) is 0 Å². The summed E-state index contributed by atoms with van der Waals surface area (Å²) in [6, 6.07) is 0. The van der Waals surface area contributed by atoms with Gasteiger partial charge in [-0.15, -0.1) is 0 Å². The van der Waals surface area contributed by atoms with E-state index in [9.17, 15) is 10.1 Å². The number of nitrogens with zero attached hydrogens (tertiary/aromatic N) is 1. The van der Waals surface area contributed by atoms with E-state index in [1.54, 1.807) is 0 Å². The molecule has 56 valence electrons. The zero-order valence-corrected chi connectivity index (χ0v) is 7.22. The van der Waals surface area contributed by atoms with Crippen molar-refractivity contribution < 1.29 is 4.92 Å². The lowest BCUT2D eigenvalue weighted by Crippen LogP contribution is -1.94. The summed E-state index contributed by atoms with van der Waals surface area (Å²) in [7, 11) is 0. The summed E-state index contributed by atoms with van der Waals surface area (Å²) in [5.74, 6) is 0. The third kappa shape index (κ3) is 3.40. The second-order valence-electron chi connectivity index (χ2n) is 1.83. The van der Waals surface area contributed by atoms with Gasteiger partial charge in [0.15, 0.2) is 0 Å². The second kappa shape index (κ2) is 4.22. The van der Waals surface area contributed by atoms with Crippen LogP contribution in [0.4, 0.5) is 0 Å². The van der Waals surface area contributed by atoms with E-state index >= 15 is 0 Å². The molecule has 0 aliphatic heterocycles. The van der Waals surface area contributed by atoms with Crippen molar-refractivity contribution in [2.24, 2.45) is 0 Å². The van der Waals surface area contributed by atoms with Crippen molar-refractivity contribution in [2.75, 3.05) is 5.33 Å². The number of halogens is 1. The molecule has 0 bridgehead atoms. The van der Waals surface area contributed by atoms with Gasteiger partial charge in [-0.05, 0) is 5.57 Å². The van der Waals surface area contributed by atoms with Gasteiger partial charge in [-0.25, -0.2) is 0 Å². The minimum Gasteiger partial charge on any atom is -0.259 e. The molecule has 10 heavy (non-hydrogen) atoms. The van der Waals surface area contributed by atoms with E-state index in [4.69, 9.17) is 0 Å². The van der Waals surface area contributed by atoms with Gasteiger partial charge in [-0.2, -0.15) is 0 Å². The van der Waals surface area contributed by atoms with Gasteiger partial charge >= 0.3 is 0 Å². The first-order valence-corrected chi connectivity index (χ1v) is 3.76. The fraction of sp³-hybridized carbons (Fsp3) is 0.333. The van der Waals surface area contributed by atoms with Gasteiger partial charge in [-0.3, -0.25) is 10.1 Å². The average Bonchev–Trinajstić information content (AvgIpc) is 1.87. The van der Waals surface area contributed by atoms with Crippen LogP contribution in [-0.2, 0) is 0 Å². The third-order valence-corrected chi connectivity index (χ3v) is 1.59. The third-order valence-electron chi connectivity index (χ3n) is 0.873. The first kappa shape index (κ1) is 9.36. The van der Waals surface area contributed by atoms with E-state index in [2.05, 4.69) is 22.5 Å². The van der Waals surface area contributed by atoms with Gasteiger partial charge in [0.05, 0.1) is 4.92 Å². The molecule has 0 atom stereocenters. The largest absolute Gasteiger partial charge is 0.259 e. The molecule has 3 nitrogen and oxygen atoms in total. The Morgan fingerprint density at radius 2 is 2.40 bits per heavy atom. The van der Waals surface area contributed by atoms with E-state index in [0.29, 0.717) is 10.9 Å². The topological polar surface area (TPSA) is 43.1 Å². The monoisotopic (exact) mass is 205 g/mol.